The van der Waals surface area contributed by atoms with Crippen LogP contribution < -0.4 is 10.9 Å². The number of ether oxygens (including phenoxy) is 1. The van der Waals surface area contributed by atoms with Gasteiger partial charge in [0.15, 0.2) is 5.65 Å². The van der Waals surface area contributed by atoms with Crippen LogP contribution in [0.2, 0.25) is 0 Å². The smallest absolute Gasteiger partial charge is 0.338 e. The van der Waals surface area contributed by atoms with E-state index in [2.05, 4.69) is 10.3 Å². The number of hydrogen-bond acceptors (Lipinski definition) is 6. The number of amides is 1. The summed E-state index contributed by atoms with van der Waals surface area (Å²) in [6, 6.07) is 9.25. The molecule has 0 spiro atoms. The first-order valence-corrected chi connectivity index (χ1v) is 8.41. The number of nitrogens with zero attached hydrogens (tertiary/aromatic N) is 2. The van der Waals surface area contributed by atoms with Gasteiger partial charge in [-0.2, -0.15) is 0 Å². The number of fused-ring (bicyclic) bond motifs is 1. The van der Waals surface area contributed by atoms with Crippen LogP contribution in [0, 0.1) is 12.8 Å². The van der Waals surface area contributed by atoms with Crippen molar-refractivity contribution in [2.24, 2.45) is 5.92 Å². The van der Waals surface area contributed by atoms with Gasteiger partial charge < -0.3 is 14.6 Å². The second kappa shape index (κ2) is 7.45. The second-order valence-electron chi connectivity index (χ2n) is 6.38. The molecule has 0 unspecified atom stereocenters. The molecule has 3 aromatic rings. The largest absolute Gasteiger partial charge is 0.456 e. The van der Waals surface area contributed by atoms with Crippen molar-refractivity contribution >= 4 is 23.2 Å². The Kier molecular flexibility index (Phi) is 5.07. The van der Waals surface area contributed by atoms with E-state index in [-0.39, 0.29) is 24.0 Å². The number of nitrogens with one attached hydrogen (secondary N) is 1. The summed E-state index contributed by atoms with van der Waals surface area (Å²) in [7, 11) is 0. The lowest BCUT2D eigenvalue weighted by Crippen LogP contribution is -2.17. The van der Waals surface area contributed by atoms with E-state index >= 15 is 0 Å². The fraction of sp³-hybridized carbons (Fsp3) is 0.263. The van der Waals surface area contributed by atoms with E-state index in [1.807, 2.05) is 0 Å². The predicted octanol–water partition coefficient (Wildman–Crippen LogP) is 2.55. The molecular formula is C19H19N3O5. The van der Waals surface area contributed by atoms with Crippen LogP contribution in [0.1, 0.15) is 35.7 Å². The van der Waals surface area contributed by atoms with Crippen molar-refractivity contribution in [2.75, 3.05) is 5.32 Å². The SMILES string of the molecule is Cc1cc2nc(COC(=O)c3ccc(NC(=O)C(C)C)cc3)cc(=O)n2o1. The van der Waals surface area contributed by atoms with Crippen molar-refractivity contribution in [1.29, 1.82) is 0 Å². The van der Waals surface area contributed by atoms with Crippen LogP contribution in [0.4, 0.5) is 5.69 Å². The number of rotatable bonds is 5. The number of esters is 1. The number of anilines is 1. The molecule has 1 N–H and O–H groups in total. The molecular weight excluding hydrogens is 350 g/mol. The number of aryl methyl sites for hydroxylation is 1. The van der Waals surface area contributed by atoms with Gasteiger partial charge in [0.2, 0.25) is 5.91 Å². The van der Waals surface area contributed by atoms with Crippen molar-refractivity contribution in [3.63, 3.8) is 0 Å². The van der Waals surface area contributed by atoms with Gasteiger partial charge in [0.05, 0.1) is 11.3 Å². The Hall–Kier alpha value is -3.42. The summed E-state index contributed by atoms with van der Waals surface area (Å²) < 4.78 is 11.5. The van der Waals surface area contributed by atoms with Gasteiger partial charge >= 0.3 is 5.97 Å². The first-order chi connectivity index (χ1) is 12.8. The Bertz CT molecular complexity index is 1050. The van der Waals surface area contributed by atoms with Crippen LogP contribution in [0.5, 0.6) is 0 Å². The molecule has 0 bridgehead atoms. The predicted molar refractivity (Wildman–Crippen MR) is 97.5 cm³/mol. The van der Waals surface area contributed by atoms with Gasteiger partial charge in [-0.25, -0.2) is 9.78 Å². The molecule has 8 heteroatoms. The quantitative estimate of drug-likeness (QED) is 0.693. The minimum Gasteiger partial charge on any atom is -0.456 e. The number of carbonyl (C=O) groups is 2. The maximum Gasteiger partial charge on any atom is 0.338 e. The monoisotopic (exact) mass is 369 g/mol. The standard InChI is InChI=1S/C19H19N3O5/c1-11(2)18(24)21-14-6-4-13(5-7-14)19(25)26-10-15-9-17(23)22-16(20-15)8-12(3)27-22/h4-9,11H,10H2,1-3H3,(H,21,24). The van der Waals surface area contributed by atoms with Crippen LogP contribution in [0.25, 0.3) is 5.65 Å². The molecule has 0 fully saturated rings. The van der Waals surface area contributed by atoms with Crippen molar-refractivity contribution in [1.82, 2.24) is 9.56 Å². The van der Waals surface area contributed by atoms with Gasteiger partial charge in [-0.05, 0) is 31.2 Å². The maximum absolute atomic E-state index is 12.2. The second-order valence-corrected chi connectivity index (χ2v) is 6.38. The van der Waals surface area contributed by atoms with Gasteiger partial charge in [0.1, 0.15) is 12.4 Å². The average Bonchev–Trinajstić information content (AvgIpc) is 3.01. The minimum atomic E-state index is -0.554. The van der Waals surface area contributed by atoms with E-state index in [0.29, 0.717) is 28.4 Å². The molecule has 3 rings (SSSR count). The van der Waals surface area contributed by atoms with Crippen LogP contribution in [0.3, 0.4) is 0 Å². The van der Waals surface area contributed by atoms with Gasteiger partial charge in [0.25, 0.3) is 5.56 Å². The zero-order chi connectivity index (χ0) is 19.6. The molecule has 1 aromatic carbocycles. The molecule has 0 aliphatic heterocycles. The van der Waals surface area contributed by atoms with E-state index < -0.39 is 5.97 Å². The van der Waals surface area contributed by atoms with Crippen molar-refractivity contribution in [2.45, 2.75) is 27.4 Å². The molecule has 0 atom stereocenters. The van der Waals surface area contributed by atoms with E-state index in [1.165, 1.54) is 6.07 Å². The number of aromatic nitrogens is 2. The molecule has 27 heavy (non-hydrogen) atoms. The highest BCUT2D eigenvalue weighted by Gasteiger charge is 2.12. The Labute approximate surface area is 154 Å². The van der Waals surface area contributed by atoms with Gasteiger partial charge in [-0.15, -0.1) is 4.57 Å². The highest BCUT2D eigenvalue weighted by Crippen LogP contribution is 2.13. The van der Waals surface area contributed by atoms with E-state index in [1.54, 1.807) is 51.1 Å². The average molecular weight is 369 g/mol. The third kappa shape index (κ3) is 4.22. The molecule has 0 saturated carbocycles. The molecule has 0 aliphatic carbocycles. The summed E-state index contributed by atoms with van der Waals surface area (Å²) in [6.07, 6.45) is 0. The summed E-state index contributed by atoms with van der Waals surface area (Å²) in [4.78, 5) is 40.0. The first-order valence-electron chi connectivity index (χ1n) is 8.41. The van der Waals surface area contributed by atoms with E-state index in [0.717, 1.165) is 4.57 Å². The molecule has 8 nitrogen and oxygen atoms in total. The van der Waals surface area contributed by atoms with Crippen molar-refractivity contribution < 1.29 is 18.8 Å². The maximum atomic E-state index is 12.2. The molecule has 140 valence electrons. The van der Waals surface area contributed by atoms with Crippen molar-refractivity contribution in [3.8, 4) is 0 Å². The van der Waals surface area contributed by atoms with Crippen molar-refractivity contribution in [3.05, 3.63) is 63.8 Å². The summed E-state index contributed by atoms with van der Waals surface area (Å²) >= 11 is 0. The minimum absolute atomic E-state index is 0.104. The Morgan fingerprint density at radius 2 is 1.93 bits per heavy atom. The first kappa shape index (κ1) is 18.4. The molecule has 0 radical (unpaired) electrons. The number of carbonyl (C=O) groups excluding carboxylic acids is 2. The molecule has 2 heterocycles. The highest BCUT2D eigenvalue weighted by atomic mass is 16.5. The topological polar surface area (TPSA) is 103 Å². The van der Waals surface area contributed by atoms with Crippen LogP contribution in [0.15, 0.2) is 45.7 Å². The third-order valence-corrected chi connectivity index (χ3v) is 3.79. The van der Waals surface area contributed by atoms with E-state index in [4.69, 9.17) is 9.26 Å². The molecule has 0 saturated heterocycles. The lowest BCUT2D eigenvalue weighted by atomic mass is 10.2. The number of hydrogen-bond donors (Lipinski definition) is 1. The van der Waals surface area contributed by atoms with Gasteiger partial charge in [0, 0.05) is 23.7 Å². The van der Waals surface area contributed by atoms with Gasteiger partial charge in [-0.3, -0.25) is 9.59 Å². The normalized spacial score (nSPS) is 11.0. The van der Waals surface area contributed by atoms with Gasteiger partial charge in [-0.1, -0.05) is 13.8 Å². The van der Waals surface area contributed by atoms with Crippen LogP contribution in [-0.2, 0) is 16.1 Å². The lowest BCUT2D eigenvalue weighted by molar-refractivity contribution is -0.118. The third-order valence-electron chi connectivity index (χ3n) is 3.79. The molecule has 0 aliphatic rings. The molecule has 2 aromatic heterocycles. The van der Waals surface area contributed by atoms with Crippen LogP contribution in [-0.4, -0.2) is 21.4 Å². The Morgan fingerprint density at radius 3 is 2.59 bits per heavy atom. The highest BCUT2D eigenvalue weighted by molar-refractivity contribution is 5.93. The molecule has 1 amide bonds. The summed E-state index contributed by atoms with van der Waals surface area (Å²) in [6.45, 7) is 5.16. The summed E-state index contributed by atoms with van der Waals surface area (Å²) in [5, 5.41) is 2.74. The Balaban J connectivity index is 1.65. The lowest BCUT2D eigenvalue weighted by Gasteiger charge is -2.08. The summed E-state index contributed by atoms with van der Waals surface area (Å²) in [5.41, 5.74) is 1.23. The number of benzene rings is 1. The zero-order valence-electron chi connectivity index (χ0n) is 15.2. The van der Waals surface area contributed by atoms with Crippen LogP contribution >= 0.6 is 0 Å². The fourth-order valence-corrected chi connectivity index (χ4v) is 2.35. The van der Waals surface area contributed by atoms with E-state index in [9.17, 15) is 14.4 Å². The Morgan fingerprint density at radius 1 is 1.22 bits per heavy atom. The fourth-order valence-electron chi connectivity index (χ4n) is 2.35. The summed E-state index contributed by atoms with van der Waals surface area (Å²) in [5.74, 6) is -0.240. The zero-order valence-corrected chi connectivity index (χ0v) is 15.2.